The van der Waals surface area contributed by atoms with E-state index < -0.39 is 0 Å². The summed E-state index contributed by atoms with van der Waals surface area (Å²) in [5, 5.41) is 0. The molecule has 0 amide bonds. The summed E-state index contributed by atoms with van der Waals surface area (Å²) in [6.45, 7) is 8.31. The largest absolute Gasteiger partial charge is 0.299 e. The first-order valence-corrected chi connectivity index (χ1v) is 9.66. The van der Waals surface area contributed by atoms with Crippen molar-refractivity contribution in [3.63, 3.8) is 0 Å². The van der Waals surface area contributed by atoms with Crippen LogP contribution in [0, 0.1) is 17.3 Å². The molecule has 132 valence electrons. The molecule has 2 nitrogen and oxygen atoms in total. The highest BCUT2D eigenvalue weighted by molar-refractivity contribution is 5.89. The molecule has 1 rings (SSSR count). The molecule has 3 atom stereocenters. The second kappa shape index (κ2) is 10.1. The molecule has 0 spiro atoms. The van der Waals surface area contributed by atoms with Crippen molar-refractivity contribution in [3.8, 4) is 0 Å². The van der Waals surface area contributed by atoms with E-state index in [1.807, 2.05) is 6.08 Å². The number of carbonyl (C=O) groups excluding carboxylic acids is 2. The van der Waals surface area contributed by atoms with Crippen molar-refractivity contribution in [2.75, 3.05) is 0 Å². The third-order valence-electron chi connectivity index (χ3n) is 5.86. The Labute approximate surface area is 143 Å². The number of allylic oxidation sites excluding steroid dienone is 2. The molecule has 0 saturated heterocycles. The van der Waals surface area contributed by atoms with Gasteiger partial charge in [-0.2, -0.15) is 0 Å². The highest BCUT2D eigenvalue weighted by atomic mass is 16.1. The molecule has 0 N–H and O–H groups in total. The quantitative estimate of drug-likeness (QED) is 0.351. The zero-order valence-electron chi connectivity index (χ0n) is 15.7. The van der Waals surface area contributed by atoms with Crippen molar-refractivity contribution in [2.45, 2.75) is 91.9 Å². The van der Waals surface area contributed by atoms with Gasteiger partial charge >= 0.3 is 0 Å². The van der Waals surface area contributed by atoms with Crippen LogP contribution in [0.3, 0.4) is 0 Å². The van der Waals surface area contributed by atoms with Crippen LogP contribution in [0.5, 0.6) is 0 Å². The molecule has 0 radical (unpaired) electrons. The fourth-order valence-corrected chi connectivity index (χ4v) is 4.22. The summed E-state index contributed by atoms with van der Waals surface area (Å²) in [4.78, 5) is 23.9. The van der Waals surface area contributed by atoms with Crippen LogP contribution in [0.15, 0.2) is 12.2 Å². The number of hydrogen-bond acceptors (Lipinski definition) is 2. The maximum Gasteiger partial charge on any atom is 0.155 e. The van der Waals surface area contributed by atoms with Crippen LogP contribution >= 0.6 is 0 Å². The van der Waals surface area contributed by atoms with E-state index in [0.717, 1.165) is 38.5 Å². The Bertz CT molecular complexity index is 410. The monoisotopic (exact) mass is 320 g/mol. The minimum Gasteiger partial charge on any atom is -0.299 e. The van der Waals surface area contributed by atoms with Gasteiger partial charge in [-0.3, -0.25) is 9.59 Å². The van der Waals surface area contributed by atoms with E-state index in [1.165, 1.54) is 19.3 Å². The van der Waals surface area contributed by atoms with Gasteiger partial charge in [-0.05, 0) is 56.9 Å². The van der Waals surface area contributed by atoms with Gasteiger partial charge in [-0.15, -0.1) is 0 Å². The fourth-order valence-electron chi connectivity index (χ4n) is 4.22. The highest BCUT2D eigenvalue weighted by Gasteiger charge is 2.46. The number of ketones is 2. The van der Waals surface area contributed by atoms with Gasteiger partial charge < -0.3 is 0 Å². The lowest BCUT2D eigenvalue weighted by Crippen LogP contribution is -2.32. The molecule has 0 aromatic carbocycles. The van der Waals surface area contributed by atoms with Crippen LogP contribution in [0.1, 0.15) is 91.9 Å². The van der Waals surface area contributed by atoms with Gasteiger partial charge in [0.25, 0.3) is 0 Å². The van der Waals surface area contributed by atoms with Crippen molar-refractivity contribution in [3.05, 3.63) is 12.2 Å². The molecule has 1 aliphatic rings. The Morgan fingerprint density at radius 3 is 2.48 bits per heavy atom. The van der Waals surface area contributed by atoms with Crippen molar-refractivity contribution in [1.82, 2.24) is 0 Å². The molecular formula is C21H36O2. The van der Waals surface area contributed by atoms with Crippen LogP contribution in [-0.4, -0.2) is 11.6 Å². The topological polar surface area (TPSA) is 34.1 Å². The van der Waals surface area contributed by atoms with Gasteiger partial charge in [0.15, 0.2) is 5.78 Å². The zero-order valence-corrected chi connectivity index (χ0v) is 15.7. The van der Waals surface area contributed by atoms with Crippen molar-refractivity contribution in [1.29, 1.82) is 0 Å². The minimum absolute atomic E-state index is 0.140. The summed E-state index contributed by atoms with van der Waals surface area (Å²) in [6.07, 6.45) is 14.4. The number of hydrogen-bond donors (Lipinski definition) is 0. The summed E-state index contributed by atoms with van der Waals surface area (Å²) in [5.74, 6) is 1.77. The average molecular weight is 321 g/mol. The van der Waals surface area contributed by atoms with E-state index in [-0.39, 0.29) is 11.2 Å². The summed E-state index contributed by atoms with van der Waals surface area (Å²) in [7, 11) is 0. The Morgan fingerprint density at radius 2 is 1.87 bits per heavy atom. The number of Topliss-reactive ketones (excluding diaryl/α,β-unsaturated/α-hetero) is 1. The second-order valence-electron chi connectivity index (χ2n) is 7.57. The van der Waals surface area contributed by atoms with Crippen LogP contribution in [0.4, 0.5) is 0 Å². The molecule has 0 heterocycles. The fraction of sp³-hybridized carbons (Fsp3) is 0.810. The van der Waals surface area contributed by atoms with E-state index in [9.17, 15) is 9.59 Å². The normalized spacial score (nSPS) is 27.7. The van der Waals surface area contributed by atoms with E-state index in [1.54, 1.807) is 13.0 Å². The molecule has 0 aromatic rings. The van der Waals surface area contributed by atoms with Gasteiger partial charge in [-0.25, -0.2) is 0 Å². The molecule has 1 fully saturated rings. The maximum atomic E-state index is 12.1. The summed E-state index contributed by atoms with van der Waals surface area (Å²) < 4.78 is 0. The second-order valence-corrected chi connectivity index (χ2v) is 7.57. The smallest absolute Gasteiger partial charge is 0.155 e. The lowest BCUT2D eigenvalue weighted by molar-refractivity contribution is -0.128. The molecule has 1 saturated carbocycles. The minimum atomic E-state index is -0.140. The van der Waals surface area contributed by atoms with Gasteiger partial charge in [0, 0.05) is 11.8 Å². The predicted octanol–water partition coefficient (Wildman–Crippen LogP) is 5.89. The Hall–Kier alpha value is -0.920. The first-order valence-electron chi connectivity index (χ1n) is 9.66. The molecule has 0 aliphatic heterocycles. The Kier molecular flexibility index (Phi) is 8.79. The number of carbonyl (C=O) groups is 2. The van der Waals surface area contributed by atoms with E-state index in [0.29, 0.717) is 24.0 Å². The molecular weight excluding hydrogens is 284 g/mol. The van der Waals surface area contributed by atoms with Crippen molar-refractivity contribution in [2.24, 2.45) is 17.3 Å². The Morgan fingerprint density at radius 1 is 1.13 bits per heavy atom. The molecule has 0 aromatic heterocycles. The highest BCUT2D eigenvalue weighted by Crippen LogP contribution is 2.51. The van der Waals surface area contributed by atoms with Gasteiger partial charge in [-0.1, -0.05) is 52.5 Å². The van der Waals surface area contributed by atoms with Crippen LogP contribution < -0.4 is 0 Å². The predicted molar refractivity (Wildman–Crippen MR) is 97.4 cm³/mol. The van der Waals surface area contributed by atoms with Gasteiger partial charge in [0.05, 0.1) is 0 Å². The molecule has 2 heteroatoms. The van der Waals surface area contributed by atoms with Crippen LogP contribution in [0.25, 0.3) is 0 Å². The standard InChI is InChI=1S/C21H36O2/c1-5-7-8-12-19(23)13-9-10-14-20-18(11-6-2)15-16-21(20,4)17(3)22/h9,13,18,20H,5-8,10-12,14-16H2,1-4H3/b13-9-. The summed E-state index contributed by atoms with van der Waals surface area (Å²) in [6, 6.07) is 0. The van der Waals surface area contributed by atoms with E-state index >= 15 is 0 Å². The third-order valence-corrected chi connectivity index (χ3v) is 5.86. The number of unbranched alkanes of at least 4 members (excludes halogenated alkanes) is 2. The first-order chi connectivity index (χ1) is 11.0. The van der Waals surface area contributed by atoms with Gasteiger partial charge in [0.2, 0.25) is 0 Å². The van der Waals surface area contributed by atoms with Crippen LogP contribution in [0.2, 0.25) is 0 Å². The Balaban J connectivity index is 2.51. The molecule has 1 aliphatic carbocycles. The number of rotatable bonds is 11. The van der Waals surface area contributed by atoms with Crippen molar-refractivity contribution >= 4 is 11.6 Å². The lowest BCUT2D eigenvalue weighted by Gasteiger charge is -2.32. The van der Waals surface area contributed by atoms with Gasteiger partial charge in [0.1, 0.15) is 5.78 Å². The SMILES string of the molecule is CCCCCC(=O)/C=C\CCC1C(CCC)CCC1(C)C(C)=O. The third kappa shape index (κ3) is 5.90. The molecule has 3 unspecified atom stereocenters. The summed E-state index contributed by atoms with van der Waals surface area (Å²) in [5.41, 5.74) is -0.140. The molecule has 0 bridgehead atoms. The van der Waals surface area contributed by atoms with Crippen molar-refractivity contribution < 1.29 is 9.59 Å². The molecule has 23 heavy (non-hydrogen) atoms. The maximum absolute atomic E-state index is 12.1. The zero-order chi connectivity index (χ0) is 17.3. The van der Waals surface area contributed by atoms with E-state index in [4.69, 9.17) is 0 Å². The average Bonchev–Trinajstić information content (AvgIpc) is 2.82. The summed E-state index contributed by atoms with van der Waals surface area (Å²) >= 11 is 0. The van der Waals surface area contributed by atoms with E-state index in [2.05, 4.69) is 20.8 Å². The lowest BCUT2D eigenvalue weighted by atomic mass is 9.71. The van der Waals surface area contributed by atoms with Crippen LogP contribution in [-0.2, 0) is 9.59 Å². The first kappa shape index (κ1) is 20.1.